The average molecular weight is 729 g/mol. The summed E-state index contributed by atoms with van der Waals surface area (Å²) >= 11 is 4.24. The lowest BCUT2D eigenvalue weighted by Gasteiger charge is -2.39. The van der Waals surface area contributed by atoms with E-state index in [1.165, 1.54) is 61.8 Å². The Bertz CT molecular complexity index is 1010. The summed E-state index contributed by atoms with van der Waals surface area (Å²) in [7, 11) is 4.43. The van der Waals surface area contributed by atoms with Gasteiger partial charge in [0.15, 0.2) is 0 Å². The number of hydrogen-bond acceptors (Lipinski definition) is 6. The first-order valence-corrected chi connectivity index (χ1v) is 19.8. The second-order valence-corrected chi connectivity index (χ2v) is 11.0. The first-order chi connectivity index (χ1) is 17.7. The Balaban J connectivity index is 0.000000139. The fourth-order valence-electron chi connectivity index (χ4n) is 7.65. The van der Waals surface area contributed by atoms with Gasteiger partial charge in [-0.05, 0) is 49.2 Å². The molecule has 2 saturated heterocycles. The van der Waals surface area contributed by atoms with Gasteiger partial charge in [0.05, 0.1) is 22.7 Å². The maximum absolute atomic E-state index is 3.55. The Morgan fingerprint density at radius 2 is 1.11 bits per heavy atom. The second-order valence-electron chi connectivity index (χ2n) is 11.0. The Morgan fingerprint density at radius 3 is 1.54 bits per heavy atom. The minimum absolute atomic E-state index is 0. The third kappa shape index (κ3) is 4.61. The van der Waals surface area contributed by atoms with Gasteiger partial charge in [-0.15, -0.1) is 0 Å². The zero-order chi connectivity index (χ0) is 24.8. The first-order valence-electron chi connectivity index (χ1n) is 13.5. The molecule has 0 spiro atoms. The van der Waals surface area contributed by atoms with Crippen molar-refractivity contribution in [2.24, 2.45) is 0 Å². The molecule has 6 aliphatic heterocycles. The average Bonchev–Trinajstić information content (AvgIpc) is 3.45. The summed E-state index contributed by atoms with van der Waals surface area (Å²) in [4.78, 5) is 10.2. The van der Waals surface area contributed by atoms with Crippen molar-refractivity contribution in [2.45, 2.75) is 44.2 Å². The van der Waals surface area contributed by atoms with Gasteiger partial charge in [0.25, 0.3) is 0 Å². The maximum Gasteiger partial charge on any atom is 0.0644 e. The predicted molar refractivity (Wildman–Crippen MR) is 177 cm³/mol. The van der Waals surface area contributed by atoms with Crippen LogP contribution < -0.4 is 30.2 Å². The van der Waals surface area contributed by atoms with Crippen molar-refractivity contribution < 1.29 is 0 Å². The lowest BCUT2D eigenvalue weighted by Crippen LogP contribution is -2.48. The highest BCUT2D eigenvalue weighted by molar-refractivity contribution is 15.0. The van der Waals surface area contributed by atoms with Crippen LogP contribution in [-0.4, -0.2) is 78.5 Å². The Hall–Kier alpha value is -0.980. The minimum atomic E-state index is 0. The SMILES string of the molecule is C.CN1CCN2c3c(cccc31)[C@@H]1CNCC[C@@H]12.CN1CCN2c3c(cccc31)[C@@H]1CNCC[C@@H]12.II. The molecule has 0 saturated carbocycles. The van der Waals surface area contributed by atoms with Crippen LogP contribution in [0.1, 0.15) is 43.2 Å². The van der Waals surface area contributed by atoms with E-state index in [2.05, 4.69) is 118 Å². The zero-order valence-corrected chi connectivity index (χ0v) is 25.7. The molecule has 6 nitrogen and oxygen atoms in total. The van der Waals surface area contributed by atoms with E-state index in [0.717, 1.165) is 38.3 Å². The van der Waals surface area contributed by atoms with Crippen molar-refractivity contribution in [3.05, 3.63) is 47.5 Å². The molecule has 202 valence electrons. The number of halogens is 2. The molecule has 6 heterocycles. The summed E-state index contributed by atoms with van der Waals surface area (Å²) in [5.41, 5.74) is 9.07. The number of likely N-dealkylation sites (N-methyl/N-ethyl adjacent to an activating group) is 2. The van der Waals surface area contributed by atoms with Crippen LogP contribution in [0, 0.1) is 0 Å². The molecular weight excluding hydrogens is 686 g/mol. The van der Waals surface area contributed by atoms with Crippen LogP contribution in [0.2, 0.25) is 0 Å². The lowest BCUT2D eigenvalue weighted by atomic mass is 9.90. The van der Waals surface area contributed by atoms with Gasteiger partial charge in [-0.2, -0.15) is 0 Å². The van der Waals surface area contributed by atoms with Gasteiger partial charge in [-0.1, -0.05) is 31.7 Å². The van der Waals surface area contributed by atoms with Crippen LogP contribution in [0.4, 0.5) is 22.7 Å². The van der Waals surface area contributed by atoms with E-state index in [0.29, 0.717) is 11.8 Å². The second kappa shape index (κ2) is 11.6. The molecule has 8 heteroatoms. The largest absolute Gasteiger partial charge is 0.371 e. The number of piperidine rings is 2. The van der Waals surface area contributed by atoms with E-state index in [9.17, 15) is 0 Å². The van der Waals surface area contributed by atoms with Gasteiger partial charge in [-0.25, -0.2) is 0 Å². The lowest BCUT2D eigenvalue weighted by molar-refractivity contribution is 0.402. The molecule has 0 radical (unpaired) electrons. The maximum atomic E-state index is 3.55. The number of fused-ring (bicyclic) bond motifs is 6. The molecule has 4 atom stereocenters. The number of anilines is 4. The van der Waals surface area contributed by atoms with Gasteiger partial charge in [0.2, 0.25) is 0 Å². The summed E-state index contributed by atoms with van der Waals surface area (Å²) in [6.45, 7) is 9.37. The van der Waals surface area contributed by atoms with E-state index in [-0.39, 0.29) is 7.43 Å². The van der Waals surface area contributed by atoms with Crippen LogP contribution in [0.3, 0.4) is 0 Å². The molecular formula is C29H42I2N6. The smallest absolute Gasteiger partial charge is 0.0644 e. The fraction of sp³-hybridized carbons (Fsp3) is 0.586. The normalized spacial score (nSPS) is 27.9. The Morgan fingerprint density at radius 1 is 0.676 bits per heavy atom. The highest BCUT2D eigenvalue weighted by Gasteiger charge is 2.43. The molecule has 0 amide bonds. The molecule has 0 unspecified atom stereocenters. The Kier molecular flexibility index (Phi) is 8.67. The van der Waals surface area contributed by atoms with Crippen molar-refractivity contribution in [3.63, 3.8) is 0 Å². The zero-order valence-electron chi connectivity index (χ0n) is 21.4. The van der Waals surface area contributed by atoms with Crippen molar-refractivity contribution in [1.82, 2.24) is 10.6 Å². The molecule has 2 aromatic rings. The van der Waals surface area contributed by atoms with E-state index in [1.54, 1.807) is 11.1 Å². The Labute approximate surface area is 246 Å². The van der Waals surface area contributed by atoms with Crippen molar-refractivity contribution >= 4 is 60.0 Å². The summed E-state index contributed by atoms with van der Waals surface area (Å²) in [6.07, 6.45) is 2.59. The summed E-state index contributed by atoms with van der Waals surface area (Å²) < 4.78 is 0. The van der Waals surface area contributed by atoms with Gasteiger partial charge in [0, 0.05) is 115 Å². The highest BCUT2D eigenvalue weighted by Crippen LogP contribution is 2.50. The van der Waals surface area contributed by atoms with Crippen molar-refractivity contribution in [2.75, 3.05) is 86.1 Å². The monoisotopic (exact) mass is 728 g/mol. The van der Waals surface area contributed by atoms with Crippen LogP contribution in [0.25, 0.3) is 0 Å². The summed E-state index contributed by atoms with van der Waals surface area (Å²) in [5, 5.41) is 7.11. The van der Waals surface area contributed by atoms with E-state index in [1.807, 2.05) is 0 Å². The third-order valence-corrected chi connectivity index (χ3v) is 9.33. The number of nitrogens with one attached hydrogen (secondary N) is 2. The number of benzene rings is 2. The van der Waals surface area contributed by atoms with Crippen LogP contribution in [0.15, 0.2) is 36.4 Å². The van der Waals surface area contributed by atoms with Crippen molar-refractivity contribution in [1.29, 1.82) is 0 Å². The molecule has 0 aromatic heterocycles. The van der Waals surface area contributed by atoms with Gasteiger partial charge in [0.1, 0.15) is 0 Å². The van der Waals surface area contributed by atoms with Crippen LogP contribution in [0.5, 0.6) is 0 Å². The third-order valence-electron chi connectivity index (χ3n) is 9.33. The van der Waals surface area contributed by atoms with E-state index < -0.39 is 0 Å². The van der Waals surface area contributed by atoms with Gasteiger partial charge >= 0.3 is 0 Å². The van der Waals surface area contributed by atoms with Crippen LogP contribution in [-0.2, 0) is 0 Å². The molecule has 37 heavy (non-hydrogen) atoms. The molecule has 2 fully saturated rings. The number of para-hydroxylation sites is 2. The number of rotatable bonds is 0. The predicted octanol–water partition coefficient (Wildman–Crippen LogP) is 5.21. The summed E-state index contributed by atoms with van der Waals surface area (Å²) in [6, 6.07) is 15.2. The number of nitrogens with zero attached hydrogens (tertiary/aromatic N) is 4. The van der Waals surface area contributed by atoms with E-state index in [4.69, 9.17) is 0 Å². The minimum Gasteiger partial charge on any atom is -0.371 e. The fourth-order valence-corrected chi connectivity index (χ4v) is 7.65. The van der Waals surface area contributed by atoms with E-state index >= 15 is 0 Å². The van der Waals surface area contributed by atoms with Crippen LogP contribution >= 0.6 is 37.2 Å². The topological polar surface area (TPSA) is 37.0 Å². The summed E-state index contributed by atoms with van der Waals surface area (Å²) in [5.74, 6) is 1.43. The standard InChI is InChI=1S/2C14H19N3.CH4.I2/c2*1-16-7-8-17-12-5-6-15-9-11(12)10-3-2-4-13(16)14(10)17;;1-2/h2*2-4,11-12,15H,5-9H2,1H3;1H4;/t2*11-,12-;;/m00../s1. The van der Waals surface area contributed by atoms with Crippen molar-refractivity contribution in [3.8, 4) is 0 Å². The highest BCUT2D eigenvalue weighted by atomic mass is 128. The molecule has 2 N–H and O–H groups in total. The number of hydrogen-bond donors (Lipinski definition) is 2. The molecule has 8 rings (SSSR count). The van der Waals surface area contributed by atoms with Gasteiger partial charge in [-0.3, -0.25) is 0 Å². The molecule has 0 aliphatic carbocycles. The quantitative estimate of drug-likeness (QED) is 0.364. The molecule has 0 bridgehead atoms. The van der Waals surface area contributed by atoms with Gasteiger partial charge < -0.3 is 30.2 Å². The first kappa shape index (κ1) is 27.6. The molecule has 2 aromatic carbocycles. The molecule has 6 aliphatic rings.